The number of halogens is 1. The van der Waals surface area contributed by atoms with E-state index in [1.54, 1.807) is 25.2 Å². The van der Waals surface area contributed by atoms with Gasteiger partial charge in [0.2, 0.25) is 11.8 Å². The Kier molecular flexibility index (Phi) is 3.69. The van der Waals surface area contributed by atoms with Gasteiger partial charge < -0.3 is 9.64 Å². The van der Waals surface area contributed by atoms with Gasteiger partial charge in [-0.2, -0.15) is 0 Å². The van der Waals surface area contributed by atoms with Gasteiger partial charge in [0.25, 0.3) is 5.56 Å². The summed E-state index contributed by atoms with van der Waals surface area (Å²) >= 11 is 3.44. The monoisotopic (exact) mass is 471 g/mol. The highest BCUT2D eigenvalue weighted by atomic mass is 79.9. The van der Waals surface area contributed by atoms with E-state index in [1.807, 2.05) is 13.8 Å². The Hall–Kier alpha value is -2.94. The van der Waals surface area contributed by atoms with E-state index in [0.29, 0.717) is 27.9 Å². The largest absolute Gasteiger partial charge is 0.444 e. The van der Waals surface area contributed by atoms with Crippen LogP contribution >= 0.6 is 15.9 Å². The number of allylic oxidation sites excluding steroid dienone is 1. The first-order valence-electron chi connectivity index (χ1n) is 9.46. The van der Waals surface area contributed by atoms with Gasteiger partial charge in [0.15, 0.2) is 5.78 Å². The molecule has 3 heterocycles. The zero-order valence-electron chi connectivity index (χ0n) is 16.5. The third kappa shape index (κ3) is 2.26. The molecular formula is C21H18BrN3O5. The van der Waals surface area contributed by atoms with Crippen LogP contribution in [0.1, 0.15) is 37.8 Å². The molecule has 1 aromatic carbocycles. The minimum atomic E-state index is -1.68. The molecule has 0 radical (unpaired) electrons. The zero-order valence-corrected chi connectivity index (χ0v) is 18.1. The Morgan fingerprint density at radius 2 is 1.83 bits per heavy atom. The second-order valence-corrected chi connectivity index (χ2v) is 9.64. The van der Waals surface area contributed by atoms with Gasteiger partial charge in [-0.05, 0) is 23.6 Å². The lowest BCUT2D eigenvalue weighted by Crippen LogP contribution is -2.52. The molecule has 0 saturated heterocycles. The summed E-state index contributed by atoms with van der Waals surface area (Å²) in [5, 5.41) is 0. The molecule has 2 aromatic rings. The van der Waals surface area contributed by atoms with Gasteiger partial charge in [0.1, 0.15) is 16.7 Å². The van der Waals surface area contributed by atoms with Crippen LogP contribution in [0.2, 0.25) is 0 Å². The highest BCUT2D eigenvalue weighted by Gasteiger charge is 2.62. The lowest BCUT2D eigenvalue weighted by atomic mass is 9.62. The van der Waals surface area contributed by atoms with E-state index in [4.69, 9.17) is 4.74 Å². The third-order valence-electron chi connectivity index (χ3n) is 6.07. The number of hydrogen-bond acceptors (Lipinski definition) is 5. The molecule has 2 aliphatic heterocycles. The van der Waals surface area contributed by atoms with Gasteiger partial charge >= 0.3 is 5.69 Å². The molecule has 0 fully saturated rings. The Bertz CT molecular complexity index is 1320. The van der Waals surface area contributed by atoms with Crippen LogP contribution in [0.5, 0.6) is 5.88 Å². The van der Waals surface area contributed by atoms with Crippen LogP contribution in [0.4, 0.5) is 5.69 Å². The molecule has 8 nitrogen and oxygen atoms in total. The fraction of sp³-hybridized carbons (Fsp3) is 0.333. The lowest BCUT2D eigenvalue weighted by molar-refractivity contribution is -0.125. The minimum absolute atomic E-state index is 0.0670. The van der Waals surface area contributed by atoms with Crippen LogP contribution in [0.3, 0.4) is 0 Å². The number of aromatic amines is 2. The second-order valence-electron chi connectivity index (χ2n) is 8.73. The fourth-order valence-electron chi connectivity index (χ4n) is 4.96. The zero-order chi connectivity index (χ0) is 21.6. The number of amides is 1. The maximum absolute atomic E-state index is 13.8. The predicted molar refractivity (Wildman–Crippen MR) is 112 cm³/mol. The molecule has 0 bridgehead atoms. The van der Waals surface area contributed by atoms with Gasteiger partial charge in [-0.25, -0.2) is 4.79 Å². The number of ketones is 1. The average molecular weight is 472 g/mol. The van der Waals surface area contributed by atoms with E-state index in [1.165, 1.54) is 4.90 Å². The summed E-state index contributed by atoms with van der Waals surface area (Å²) in [4.78, 5) is 58.4. The summed E-state index contributed by atoms with van der Waals surface area (Å²) in [5.74, 6) is -0.451. The topological polar surface area (TPSA) is 112 Å². The molecule has 2 N–H and O–H groups in total. The minimum Gasteiger partial charge on any atom is -0.444 e. The number of carbonyl (C=O) groups excluding carboxylic acids is 2. The van der Waals surface area contributed by atoms with Crippen molar-refractivity contribution in [2.45, 2.75) is 32.1 Å². The van der Waals surface area contributed by atoms with E-state index in [-0.39, 0.29) is 34.6 Å². The molecule has 1 spiro atoms. The Morgan fingerprint density at radius 1 is 1.10 bits per heavy atom. The number of hydrogen-bond donors (Lipinski definition) is 2. The number of Topliss-reactive ketones (excluding diaryl/α,β-unsaturated/α-hetero) is 1. The summed E-state index contributed by atoms with van der Waals surface area (Å²) in [6.07, 6.45) is 0.609. The van der Waals surface area contributed by atoms with Crippen molar-refractivity contribution in [3.8, 4) is 5.88 Å². The first-order valence-corrected chi connectivity index (χ1v) is 10.3. The number of fused-ring (bicyclic) bond motifs is 5. The van der Waals surface area contributed by atoms with Crippen molar-refractivity contribution in [1.82, 2.24) is 9.97 Å². The number of benzene rings is 1. The highest BCUT2D eigenvalue weighted by Crippen LogP contribution is 2.57. The highest BCUT2D eigenvalue weighted by molar-refractivity contribution is 9.10. The van der Waals surface area contributed by atoms with Crippen LogP contribution < -0.4 is 20.9 Å². The van der Waals surface area contributed by atoms with Gasteiger partial charge in [0.05, 0.1) is 5.57 Å². The number of aromatic nitrogens is 2. The van der Waals surface area contributed by atoms with E-state index in [2.05, 4.69) is 25.9 Å². The Balaban J connectivity index is 1.99. The van der Waals surface area contributed by atoms with Gasteiger partial charge in [-0.1, -0.05) is 29.8 Å². The molecular weight excluding hydrogens is 454 g/mol. The molecule has 30 heavy (non-hydrogen) atoms. The average Bonchev–Trinajstić information content (AvgIpc) is 2.82. The number of anilines is 1. The van der Waals surface area contributed by atoms with Crippen LogP contribution in [0.15, 0.2) is 43.6 Å². The van der Waals surface area contributed by atoms with Crippen molar-refractivity contribution in [2.24, 2.45) is 5.41 Å². The Morgan fingerprint density at radius 3 is 2.57 bits per heavy atom. The van der Waals surface area contributed by atoms with E-state index in [0.717, 1.165) is 0 Å². The second kappa shape index (κ2) is 5.81. The summed E-state index contributed by atoms with van der Waals surface area (Å²) in [5.41, 5.74) is -2.35. The summed E-state index contributed by atoms with van der Waals surface area (Å²) in [6, 6.07) is 5.30. The van der Waals surface area contributed by atoms with Crippen molar-refractivity contribution in [3.05, 3.63) is 66.0 Å². The predicted octanol–water partition coefficient (Wildman–Crippen LogP) is 2.12. The summed E-state index contributed by atoms with van der Waals surface area (Å²) < 4.78 is 6.62. The summed E-state index contributed by atoms with van der Waals surface area (Å²) in [7, 11) is 1.61. The van der Waals surface area contributed by atoms with Crippen LogP contribution in [0, 0.1) is 5.41 Å². The Labute approximate surface area is 179 Å². The van der Waals surface area contributed by atoms with Gasteiger partial charge in [0, 0.05) is 35.6 Å². The number of carbonyl (C=O) groups is 2. The number of ether oxygens (including phenoxy) is 1. The number of nitrogens with one attached hydrogen (secondary N) is 2. The van der Waals surface area contributed by atoms with E-state index < -0.39 is 22.6 Å². The number of nitrogens with zero attached hydrogens (tertiary/aromatic N) is 1. The van der Waals surface area contributed by atoms with Gasteiger partial charge in [-0.3, -0.25) is 24.4 Å². The molecule has 5 rings (SSSR count). The molecule has 1 aromatic heterocycles. The van der Waals surface area contributed by atoms with Crippen molar-refractivity contribution < 1.29 is 14.3 Å². The molecule has 154 valence electrons. The maximum Gasteiger partial charge on any atom is 0.328 e. The number of likely N-dealkylation sites (N-methyl/N-ethyl adjacent to an activating group) is 1. The van der Waals surface area contributed by atoms with Crippen molar-refractivity contribution >= 4 is 33.3 Å². The maximum atomic E-state index is 13.8. The quantitative estimate of drug-likeness (QED) is 0.610. The molecule has 3 aliphatic rings. The van der Waals surface area contributed by atoms with Crippen LogP contribution in [0.25, 0.3) is 0 Å². The number of H-pyrrole nitrogens is 2. The normalized spacial score (nSPS) is 23.9. The van der Waals surface area contributed by atoms with Crippen molar-refractivity contribution in [2.75, 3.05) is 11.9 Å². The molecule has 1 atom stereocenters. The SMILES string of the molecule is CN1C(=O)C2(C3=C(CC(C)(C)CC3=O)Oc3[nH]c(=O)[nH]c(=O)c32)c2cc(Br)ccc21. The van der Waals surface area contributed by atoms with E-state index >= 15 is 0 Å². The lowest BCUT2D eigenvalue weighted by Gasteiger charge is -2.41. The summed E-state index contributed by atoms with van der Waals surface area (Å²) in [6.45, 7) is 3.88. The molecule has 1 aliphatic carbocycles. The van der Waals surface area contributed by atoms with Crippen LogP contribution in [-0.4, -0.2) is 28.7 Å². The third-order valence-corrected chi connectivity index (χ3v) is 6.56. The molecule has 1 unspecified atom stereocenters. The molecule has 0 saturated carbocycles. The van der Waals surface area contributed by atoms with Crippen molar-refractivity contribution in [1.29, 1.82) is 0 Å². The van der Waals surface area contributed by atoms with Crippen LogP contribution in [-0.2, 0) is 15.0 Å². The first kappa shape index (κ1) is 19.0. The first-order chi connectivity index (χ1) is 14.1. The molecule has 1 amide bonds. The van der Waals surface area contributed by atoms with Crippen molar-refractivity contribution in [3.63, 3.8) is 0 Å². The smallest absolute Gasteiger partial charge is 0.328 e. The number of rotatable bonds is 0. The molecule has 9 heteroatoms. The standard InChI is InChI=1S/C21H18BrN3O5/c1-20(2)7-12(26)14-13(8-20)30-17-15(16(27)23-19(29)24-17)21(14)10-6-9(22)4-5-11(10)25(3)18(21)28/h4-6H,7-8H2,1-3H3,(H2,23,24,27,29). The van der Waals surface area contributed by atoms with Gasteiger partial charge in [-0.15, -0.1) is 0 Å². The fourth-order valence-corrected chi connectivity index (χ4v) is 5.32. The van der Waals surface area contributed by atoms with E-state index in [9.17, 15) is 19.2 Å².